The first-order chi connectivity index (χ1) is 11.1. The van der Waals surface area contributed by atoms with Crippen LogP contribution in [0.15, 0.2) is 42.6 Å². The molecule has 0 aliphatic carbocycles. The second-order valence-electron chi connectivity index (χ2n) is 5.58. The average molecular weight is 331 g/mol. The lowest BCUT2D eigenvalue weighted by Crippen LogP contribution is -2.49. The van der Waals surface area contributed by atoms with Crippen molar-refractivity contribution >= 4 is 28.9 Å². The van der Waals surface area contributed by atoms with Gasteiger partial charge in [-0.15, -0.1) is 0 Å². The van der Waals surface area contributed by atoms with E-state index in [1.807, 2.05) is 29.2 Å². The summed E-state index contributed by atoms with van der Waals surface area (Å²) in [5.41, 5.74) is 7.99. The molecule has 2 aromatic rings. The quantitative estimate of drug-likeness (QED) is 0.937. The molecule has 0 bridgehead atoms. The molecule has 0 unspecified atom stereocenters. The predicted octanol–water partition coefficient (Wildman–Crippen LogP) is 2.21. The fourth-order valence-electron chi connectivity index (χ4n) is 2.71. The van der Waals surface area contributed by atoms with E-state index in [0.717, 1.165) is 29.5 Å². The second-order valence-corrected chi connectivity index (χ2v) is 5.99. The van der Waals surface area contributed by atoms with Crippen molar-refractivity contribution in [2.45, 2.75) is 6.42 Å². The van der Waals surface area contributed by atoms with Gasteiger partial charge in [-0.05, 0) is 24.3 Å². The van der Waals surface area contributed by atoms with E-state index in [2.05, 4.69) is 9.88 Å². The molecule has 0 radical (unpaired) electrons. The summed E-state index contributed by atoms with van der Waals surface area (Å²) in [5.74, 6) is 0.0982. The van der Waals surface area contributed by atoms with Crippen molar-refractivity contribution < 1.29 is 4.79 Å². The number of rotatable bonds is 3. The predicted molar refractivity (Wildman–Crippen MR) is 92.6 cm³/mol. The van der Waals surface area contributed by atoms with Gasteiger partial charge in [0, 0.05) is 31.9 Å². The van der Waals surface area contributed by atoms with Gasteiger partial charge in [-0.2, -0.15) is 0 Å². The van der Waals surface area contributed by atoms with Crippen LogP contribution in [0.1, 0.15) is 5.69 Å². The molecule has 23 heavy (non-hydrogen) atoms. The molecular weight excluding hydrogens is 312 g/mol. The zero-order valence-electron chi connectivity index (χ0n) is 12.8. The van der Waals surface area contributed by atoms with Gasteiger partial charge in [-0.25, -0.2) is 0 Å². The molecule has 0 saturated carbocycles. The molecule has 1 aromatic carbocycles. The van der Waals surface area contributed by atoms with E-state index in [1.54, 1.807) is 18.3 Å². The first-order valence-corrected chi connectivity index (χ1v) is 7.99. The van der Waals surface area contributed by atoms with Crippen molar-refractivity contribution in [2.24, 2.45) is 0 Å². The third kappa shape index (κ3) is 3.74. The number of piperazine rings is 1. The van der Waals surface area contributed by atoms with Crippen LogP contribution in [0.2, 0.25) is 5.02 Å². The molecule has 6 heteroatoms. The molecule has 1 amide bonds. The topological polar surface area (TPSA) is 62.5 Å². The van der Waals surface area contributed by atoms with Crippen LogP contribution in [-0.2, 0) is 11.2 Å². The number of nitrogens with two attached hydrogens (primary N) is 1. The Bertz CT molecular complexity index is 681. The van der Waals surface area contributed by atoms with Crippen LogP contribution in [0.3, 0.4) is 0 Å². The Morgan fingerprint density at radius 3 is 2.52 bits per heavy atom. The number of carbonyl (C=O) groups excluding carboxylic acids is 1. The number of nitrogens with zero attached hydrogens (tertiary/aromatic N) is 3. The Hall–Kier alpha value is -2.27. The summed E-state index contributed by atoms with van der Waals surface area (Å²) in [6.45, 7) is 2.95. The number of nitrogen functional groups attached to an aromatic ring is 1. The van der Waals surface area contributed by atoms with Gasteiger partial charge in [0.1, 0.15) is 0 Å². The van der Waals surface area contributed by atoms with Gasteiger partial charge in [0.15, 0.2) is 0 Å². The van der Waals surface area contributed by atoms with Crippen LogP contribution in [-0.4, -0.2) is 42.0 Å². The SMILES string of the molecule is Nc1ccc(CC(=O)N2CCN(c3ccccc3Cl)CC2)nc1. The fourth-order valence-corrected chi connectivity index (χ4v) is 2.97. The molecule has 120 valence electrons. The molecular formula is C17H19ClN4O. The Morgan fingerprint density at radius 2 is 1.87 bits per heavy atom. The van der Waals surface area contributed by atoms with Crippen molar-refractivity contribution in [3.8, 4) is 0 Å². The zero-order chi connectivity index (χ0) is 16.2. The van der Waals surface area contributed by atoms with Crippen LogP contribution in [0.25, 0.3) is 0 Å². The Labute approximate surface area is 140 Å². The number of amides is 1. The molecule has 2 heterocycles. The van der Waals surface area contributed by atoms with Gasteiger partial charge in [-0.1, -0.05) is 23.7 Å². The van der Waals surface area contributed by atoms with E-state index in [9.17, 15) is 4.79 Å². The first-order valence-electron chi connectivity index (χ1n) is 7.61. The van der Waals surface area contributed by atoms with Gasteiger partial charge in [-0.3, -0.25) is 9.78 Å². The highest BCUT2D eigenvalue weighted by Crippen LogP contribution is 2.26. The van der Waals surface area contributed by atoms with Crippen molar-refractivity contribution in [3.63, 3.8) is 0 Å². The molecule has 1 aliphatic rings. The Balaban J connectivity index is 1.57. The van der Waals surface area contributed by atoms with Crippen molar-refractivity contribution in [1.29, 1.82) is 0 Å². The molecule has 1 aromatic heterocycles. The molecule has 0 spiro atoms. The van der Waals surface area contributed by atoms with Crippen LogP contribution in [0.4, 0.5) is 11.4 Å². The van der Waals surface area contributed by atoms with Crippen LogP contribution in [0, 0.1) is 0 Å². The van der Waals surface area contributed by atoms with Crippen LogP contribution >= 0.6 is 11.6 Å². The summed E-state index contributed by atoms with van der Waals surface area (Å²) in [7, 11) is 0. The molecule has 3 rings (SSSR count). The van der Waals surface area contributed by atoms with Gasteiger partial charge in [0.2, 0.25) is 5.91 Å². The van der Waals surface area contributed by atoms with Crippen LogP contribution in [0.5, 0.6) is 0 Å². The maximum absolute atomic E-state index is 12.4. The lowest BCUT2D eigenvalue weighted by atomic mass is 10.2. The van der Waals surface area contributed by atoms with E-state index in [0.29, 0.717) is 25.2 Å². The van der Waals surface area contributed by atoms with Crippen molar-refractivity contribution in [3.05, 3.63) is 53.3 Å². The highest BCUT2D eigenvalue weighted by Gasteiger charge is 2.22. The minimum Gasteiger partial charge on any atom is -0.397 e. The Kier molecular flexibility index (Phi) is 4.67. The van der Waals surface area contributed by atoms with E-state index >= 15 is 0 Å². The highest BCUT2D eigenvalue weighted by molar-refractivity contribution is 6.33. The lowest BCUT2D eigenvalue weighted by molar-refractivity contribution is -0.130. The third-order valence-corrected chi connectivity index (χ3v) is 4.33. The number of aromatic nitrogens is 1. The largest absolute Gasteiger partial charge is 0.397 e. The molecule has 1 aliphatic heterocycles. The minimum atomic E-state index is 0.0982. The number of carbonyl (C=O) groups is 1. The van der Waals surface area contributed by atoms with Gasteiger partial charge in [0.05, 0.1) is 29.0 Å². The number of halogens is 1. The number of anilines is 2. The normalized spacial score (nSPS) is 14.8. The standard InChI is InChI=1S/C17H19ClN4O/c18-15-3-1-2-4-16(15)21-7-9-22(10-8-21)17(23)11-14-6-5-13(19)12-20-14/h1-6,12H,7-11,19H2. The summed E-state index contributed by atoms with van der Waals surface area (Å²) in [5, 5.41) is 0.748. The highest BCUT2D eigenvalue weighted by atomic mass is 35.5. The molecule has 1 fully saturated rings. The number of hydrogen-bond acceptors (Lipinski definition) is 4. The molecule has 5 nitrogen and oxygen atoms in total. The average Bonchev–Trinajstić information content (AvgIpc) is 2.57. The minimum absolute atomic E-state index is 0.0982. The smallest absolute Gasteiger partial charge is 0.228 e. The molecule has 2 N–H and O–H groups in total. The summed E-state index contributed by atoms with van der Waals surface area (Å²) < 4.78 is 0. The summed E-state index contributed by atoms with van der Waals surface area (Å²) >= 11 is 6.24. The number of hydrogen-bond donors (Lipinski definition) is 1. The lowest BCUT2D eigenvalue weighted by Gasteiger charge is -2.36. The van der Waals surface area contributed by atoms with Crippen LogP contribution < -0.4 is 10.6 Å². The van der Waals surface area contributed by atoms with Gasteiger partial charge >= 0.3 is 0 Å². The van der Waals surface area contributed by atoms with E-state index in [4.69, 9.17) is 17.3 Å². The van der Waals surface area contributed by atoms with E-state index in [-0.39, 0.29) is 5.91 Å². The third-order valence-electron chi connectivity index (χ3n) is 4.01. The molecule has 0 atom stereocenters. The van der Waals surface area contributed by atoms with E-state index in [1.165, 1.54) is 0 Å². The summed E-state index contributed by atoms with van der Waals surface area (Å²) in [6.07, 6.45) is 1.89. The van der Waals surface area contributed by atoms with Crippen molar-refractivity contribution in [1.82, 2.24) is 9.88 Å². The summed E-state index contributed by atoms with van der Waals surface area (Å²) in [6, 6.07) is 11.4. The zero-order valence-corrected chi connectivity index (χ0v) is 13.5. The Morgan fingerprint density at radius 1 is 1.13 bits per heavy atom. The second kappa shape index (κ2) is 6.87. The summed E-state index contributed by atoms with van der Waals surface area (Å²) in [4.78, 5) is 20.7. The number of para-hydroxylation sites is 1. The monoisotopic (exact) mass is 330 g/mol. The number of pyridine rings is 1. The van der Waals surface area contributed by atoms with Gasteiger partial charge in [0.25, 0.3) is 0 Å². The van der Waals surface area contributed by atoms with Gasteiger partial charge < -0.3 is 15.5 Å². The first kappa shape index (κ1) is 15.6. The number of benzene rings is 1. The van der Waals surface area contributed by atoms with E-state index < -0.39 is 0 Å². The maximum atomic E-state index is 12.4. The van der Waals surface area contributed by atoms with Crippen molar-refractivity contribution in [2.75, 3.05) is 36.8 Å². The fraction of sp³-hybridized carbons (Fsp3) is 0.294. The maximum Gasteiger partial charge on any atom is 0.228 e. The molecule has 1 saturated heterocycles.